The summed E-state index contributed by atoms with van der Waals surface area (Å²) in [5, 5.41) is 6.23. The standard InChI is InChI=1S/C21H24F2N4O2/c1-14(16-9-8-15(22)12-17(16)23)26-21(24-2)25-10-5-11-27-18-6-3-4-7-19(18)29-13-20(27)28/h3-4,6-9,12,14H,5,10-11,13H2,1-2H3,(H2,24,25,26). The highest BCUT2D eigenvalue weighted by Crippen LogP contribution is 2.31. The zero-order valence-electron chi connectivity index (χ0n) is 16.4. The second-order valence-corrected chi connectivity index (χ2v) is 6.69. The van der Waals surface area contributed by atoms with E-state index in [0.29, 0.717) is 36.8 Å². The summed E-state index contributed by atoms with van der Waals surface area (Å²) in [6.07, 6.45) is 0.681. The average Bonchev–Trinajstić information content (AvgIpc) is 2.71. The molecule has 8 heteroatoms. The van der Waals surface area contributed by atoms with Crippen molar-refractivity contribution in [2.75, 3.05) is 31.6 Å². The van der Waals surface area contributed by atoms with Gasteiger partial charge in [-0.25, -0.2) is 8.78 Å². The molecular weight excluding hydrogens is 378 g/mol. The maximum Gasteiger partial charge on any atom is 0.265 e. The third-order valence-corrected chi connectivity index (χ3v) is 4.67. The van der Waals surface area contributed by atoms with Crippen LogP contribution in [-0.2, 0) is 4.79 Å². The molecule has 1 aliphatic heterocycles. The van der Waals surface area contributed by atoms with E-state index in [1.807, 2.05) is 24.3 Å². The Balaban J connectivity index is 1.51. The van der Waals surface area contributed by atoms with Crippen molar-refractivity contribution < 1.29 is 18.3 Å². The third-order valence-electron chi connectivity index (χ3n) is 4.67. The van der Waals surface area contributed by atoms with E-state index in [9.17, 15) is 13.6 Å². The predicted octanol–water partition coefficient (Wildman–Crippen LogP) is 3.01. The molecule has 0 bridgehead atoms. The Bertz CT molecular complexity index is 904. The number of carbonyl (C=O) groups excluding carboxylic acids is 1. The highest BCUT2D eigenvalue weighted by molar-refractivity contribution is 5.97. The minimum atomic E-state index is -0.611. The summed E-state index contributed by atoms with van der Waals surface area (Å²) < 4.78 is 32.5. The van der Waals surface area contributed by atoms with Crippen molar-refractivity contribution in [3.63, 3.8) is 0 Å². The van der Waals surface area contributed by atoms with Gasteiger partial charge >= 0.3 is 0 Å². The number of fused-ring (bicyclic) bond motifs is 1. The SMILES string of the molecule is CN=C(NCCCN1C(=O)COc2ccccc21)NC(C)c1ccc(F)cc1F. The van der Waals surface area contributed by atoms with E-state index in [2.05, 4.69) is 15.6 Å². The Morgan fingerprint density at radius 1 is 1.28 bits per heavy atom. The van der Waals surface area contributed by atoms with Gasteiger partial charge in [-0.1, -0.05) is 18.2 Å². The molecule has 0 aliphatic carbocycles. The number of rotatable bonds is 6. The lowest BCUT2D eigenvalue weighted by atomic mass is 10.1. The summed E-state index contributed by atoms with van der Waals surface area (Å²) in [6, 6.07) is 10.5. The number of para-hydroxylation sites is 2. The number of amides is 1. The summed E-state index contributed by atoms with van der Waals surface area (Å²) in [4.78, 5) is 18.0. The van der Waals surface area contributed by atoms with Crippen LogP contribution in [0.1, 0.15) is 24.9 Å². The average molecular weight is 402 g/mol. The number of guanidine groups is 1. The molecule has 0 spiro atoms. The van der Waals surface area contributed by atoms with Crippen molar-refractivity contribution >= 4 is 17.6 Å². The van der Waals surface area contributed by atoms with Crippen molar-refractivity contribution in [1.82, 2.24) is 10.6 Å². The van der Waals surface area contributed by atoms with E-state index in [-0.39, 0.29) is 12.5 Å². The molecule has 29 heavy (non-hydrogen) atoms. The fourth-order valence-corrected chi connectivity index (χ4v) is 3.17. The molecule has 1 amide bonds. The van der Waals surface area contributed by atoms with Crippen LogP contribution in [0.5, 0.6) is 5.75 Å². The first-order valence-electron chi connectivity index (χ1n) is 9.44. The molecule has 3 rings (SSSR count). The van der Waals surface area contributed by atoms with Gasteiger partial charge in [0.2, 0.25) is 0 Å². The van der Waals surface area contributed by atoms with Gasteiger partial charge in [0.25, 0.3) is 5.91 Å². The fourth-order valence-electron chi connectivity index (χ4n) is 3.17. The number of ether oxygens (including phenoxy) is 1. The van der Waals surface area contributed by atoms with Crippen molar-refractivity contribution in [3.8, 4) is 5.75 Å². The lowest BCUT2D eigenvalue weighted by molar-refractivity contribution is -0.121. The molecule has 2 aromatic rings. The second-order valence-electron chi connectivity index (χ2n) is 6.69. The number of nitrogens with one attached hydrogen (secondary N) is 2. The Labute approximate surface area is 168 Å². The first kappa shape index (κ1) is 20.6. The Hall–Kier alpha value is -3.16. The molecule has 0 saturated heterocycles. The number of nitrogens with zero attached hydrogens (tertiary/aromatic N) is 2. The van der Waals surface area contributed by atoms with Gasteiger partial charge in [-0.15, -0.1) is 0 Å². The predicted molar refractivity (Wildman–Crippen MR) is 108 cm³/mol. The summed E-state index contributed by atoms with van der Waals surface area (Å²) in [7, 11) is 1.62. The van der Waals surface area contributed by atoms with Crippen LogP contribution in [0.2, 0.25) is 0 Å². The quantitative estimate of drug-likeness (QED) is 0.443. The lowest BCUT2D eigenvalue weighted by Gasteiger charge is -2.29. The van der Waals surface area contributed by atoms with Crippen molar-refractivity contribution in [3.05, 3.63) is 59.7 Å². The van der Waals surface area contributed by atoms with Crippen LogP contribution in [0.4, 0.5) is 14.5 Å². The molecule has 6 nitrogen and oxygen atoms in total. The molecule has 0 saturated carbocycles. The van der Waals surface area contributed by atoms with Gasteiger partial charge in [-0.3, -0.25) is 9.79 Å². The molecule has 2 N–H and O–H groups in total. The first-order chi connectivity index (χ1) is 14.0. The number of hydrogen-bond acceptors (Lipinski definition) is 3. The number of hydrogen-bond donors (Lipinski definition) is 2. The molecule has 154 valence electrons. The van der Waals surface area contributed by atoms with E-state index in [1.54, 1.807) is 18.9 Å². The number of carbonyl (C=O) groups is 1. The molecule has 2 aromatic carbocycles. The number of anilines is 1. The monoisotopic (exact) mass is 402 g/mol. The van der Waals surface area contributed by atoms with Crippen molar-refractivity contribution in [2.24, 2.45) is 4.99 Å². The zero-order chi connectivity index (χ0) is 20.8. The number of halogens is 2. The van der Waals surface area contributed by atoms with Gasteiger partial charge in [0.05, 0.1) is 11.7 Å². The maximum absolute atomic E-state index is 13.9. The summed E-state index contributed by atoms with van der Waals surface area (Å²) >= 11 is 0. The van der Waals surface area contributed by atoms with E-state index in [1.165, 1.54) is 12.1 Å². The van der Waals surface area contributed by atoms with Gasteiger partial charge in [0.15, 0.2) is 12.6 Å². The number of aliphatic imine (C=N–C) groups is 1. The molecule has 0 radical (unpaired) electrons. The highest BCUT2D eigenvalue weighted by atomic mass is 19.1. The summed E-state index contributed by atoms with van der Waals surface area (Å²) in [6.45, 7) is 2.90. The summed E-state index contributed by atoms with van der Waals surface area (Å²) in [5.41, 5.74) is 1.12. The van der Waals surface area contributed by atoms with Gasteiger partial charge in [0, 0.05) is 31.8 Å². The highest BCUT2D eigenvalue weighted by Gasteiger charge is 2.24. The van der Waals surface area contributed by atoms with Gasteiger partial charge in [-0.05, 0) is 31.5 Å². The van der Waals surface area contributed by atoms with Crippen LogP contribution in [0.25, 0.3) is 0 Å². The van der Waals surface area contributed by atoms with Crippen LogP contribution >= 0.6 is 0 Å². The normalized spacial score (nSPS) is 14.8. The van der Waals surface area contributed by atoms with Gasteiger partial charge < -0.3 is 20.3 Å². The van der Waals surface area contributed by atoms with Crippen molar-refractivity contribution in [1.29, 1.82) is 0 Å². The second kappa shape index (κ2) is 9.36. The Morgan fingerprint density at radius 3 is 2.83 bits per heavy atom. The zero-order valence-corrected chi connectivity index (χ0v) is 16.4. The van der Waals surface area contributed by atoms with Crippen LogP contribution in [0.3, 0.4) is 0 Å². The first-order valence-corrected chi connectivity index (χ1v) is 9.44. The van der Waals surface area contributed by atoms with Crippen LogP contribution in [-0.4, -0.2) is 38.6 Å². The van der Waals surface area contributed by atoms with Crippen LogP contribution in [0.15, 0.2) is 47.5 Å². The third kappa shape index (κ3) is 5.01. The van der Waals surface area contributed by atoms with E-state index < -0.39 is 17.7 Å². The smallest absolute Gasteiger partial charge is 0.265 e. The van der Waals surface area contributed by atoms with Gasteiger partial charge in [-0.2, -0.15) is 0 Å². The maximum atomic E-state index is 13.9. The lowest BCUT2D eigenvalue weighted by Crippen LogP contribution is -2.42. The minimum Gasteiger partial charge on any atom is -0.482 e. The van der Waals surface area contributed by atoms with Crippen LogP contribution < -0.4 is 20.3 Å². The topological polar surface area (TPSA) is 66.0 Å². The molecular formula is C21H24F2N4O2. The van der Waals surface area contributed by atoms with Crippen molar-refractivity contribution in [2.45, 2.75) is 19.4 Å². The molecule has 1 unspecified atom stereocenters. The van der Waals surface area contributed by atoms with E-state index >= 15 is 0 Å². The number of benzene rings is 2. The Morgan fingerprint density at radius 2 is 2.07 bits per heavy atom. The molecule has 1 heterocycles. The molecule has 1 aliphatic rings. The van der Waals surface area contributed by atoms with Crippen LogP contribution in [0, 0.1) is 11.6 Å². The van der Waals surface area contributed by atoms with E-state index in [4.69, 9.17) is 4.74 Å². The molecule has 0 fully saturated rings. The minimum absolute atomic E-state index is 0.0361. The van der Waals surface area contributed by atoms with Gasteiger partial charge in [0.1, 0.15) is 17.4 Å². The summed E-state index contributed by atoms with van der Waals surface area (Å²) in [5.74, 6) is -0.0978. The Kier molecular flexibility index (Phi) is 6.64. The molecule has 0 aromatic heterocycles. The fraction of sp³-hybridized carbons (Fsp3) is 0.333. The largest absolute Gasteiger partial charge is 0.482 e. The van der Waals surface area contributed by atoms with E-state index in [0.717, 1.165) is 11.8 Å². The molecule has 1 atom stereocenters.